The molecule has 0 spiro atoms. The largest absolute Gasteiger partial charge is 0.436 e. The van der Waals surface area contributed by atoms with E-state index in [9.17, 15) is 4.79 Å². The number of rotatable bonds is 5. The lowest BCUT2D eigenvalue weighted by Gasteiger charge is -2.17. The summed E-state index contributed by atoms with van der Waals surface area (Å²) in [5.74, 6) is 1.30. The van der Waals surface area contributed by atoms with Crippen LogP contribution in [0.4, 0.5) is 5.69 Å². The Morgan fingerprint density at radius 2 is 2.19 bits per heavy atom. The van der Waals surface area contributed by atoms with E-state index < -0.39 is 0 Å². The van der Waals surface area contributed by atoms with Gasteiger partial charge in [-0.1, -0.05) is 6.42 Å². The first-order chi connectivity index (χ1) is 11.6. The van der Waals surface area contributed by atoms with Crippen molar-refractivity contribution in [1.82, 2.24) is 14.8 Å². The van der Waals surface area contributed by atoms with Crippen LogP contribution in [0, 0.1) is 18.8 Å². The van der Waals surface area contributed by atoms with E-state index in [4.69, 9.17) is 10.5 Å². The van der Waals surface area contributed by atoms with Gasteiger partial charge in [0.2, 0.25) is 11.8 Å². The predicted molar refractivity (Wildman–Crippen MR) is 105 cm³/mol. The van der Waals surface area contributed by atoms with Gasteiger partial charge in [0.1, 0.15) is 11.4 Å². The first-order valence-corrected chi connectivity index (χ1v) is 8.22. The molecule has 1 amide bonds. The van der Waals surface area contributed by atoms with Crippen molar-refractivity contribution >= 4 is 36.4 Å². The second kappa shape index (κ2) is 9.75. The molecule has 2 aromatic rings. The monoisotopic (exact) mass is 401 g/mol. The molecule has 2 aromatic heterocycles. The number of pyridine rings is 1. The summed E-state index contributed by atoms with van der Waals surface area (Å²) >= 11 is 0. The summed E-state index contributed by atoms with van der Waals surface area (Å²) in [6, 6.07) is 3.60. The molecule has 144 valence electrons. The molecule has 0 aromatic carbocycles. The smallest absolute Gasteiger partial charge is 0.241 e. The van der Waals surface area contributed by atoms with Crippen molar-refractivity contribution in [1.29, 1.82) is 0 Å². The average Bonchev–Trinajstić information content (AvgIpc) is 3.15. The first kappa shape index (κ1) is 22.2. The van der Waals surface area contributed by atoms with Crippen LogP contribution in [0.2, 0.25) is 0 Å². The minimum atomic E-state index is -0.0409. The van der Waals surface area contributed by atoms with E-state index in [1.807, 2.05) is 13.0 Å². The highest BCUT2D eigenvalue weighted by Gasteiger charge is 2.33. The van der Waals surface area contributed by atoms with Gasteiger partial charge in [0.05, 0.1) is 11.9 Å². The van der Waals surface area contributed by atoms with Crippen LogP contribution in [0.5, 0.6) is 11.6 Å². The van der Waals surface area contributed by atoms with Crippen LogP contribution in [-0.2, 0) is 11.8 Å². The minimum absolute atomic E-state index is 0. The highest BCUT2D eigenvalue weighted by molar-refractivity contribution is 5.94. The Morgan fingerprint density at radius 3 is 2.85 bits per heavy atom. The Kier molecular flexibility index (Phi) is 8.33. The number of anilines is 1. The summed E-state index contributed by atoms with van der Waals surface area (Å²) in [5.41, 5.74) is 7.11. The molecule has 3 N–H and O–H groups in total. The summed E-state index contributed by atoms with van der Waals surface area (Å²) in [6.07, 6.45) is 6.24. The lowest BCUT2D eigenvalue weighted by molar-refractivity contribution is -0.120. The number of hydrogen-bond donors (Lipinski definition) is 2. The zero-order chi connectivity index (χ0) is 17.1. The Morgan fingerprint density at radius 1 is 1.42 bits per heavy atom. The molecule has 1 aliphatic carbocycles. The normalized spacial score (nSPS) is 18.6. The Balaban J connectivity index is 0.00000169. The van der Waals surface area contributed by atoms with Crippen LogP contribution in [0.1, 0.15) is 25.0 Å². The zero-order valence-electron chi connectivity index (χ0n) is 14.8. The van der Waals surface area contributed by atoms with Gasteiger partial charge >= 0.3 is 0 Å². The molecule has 7 nitrogen and oxygen atoms in total. The van der Waals surface area contributed by atoms with E-state index in [0.717, 1.165) is 19.3 Å². The topological polar surface area (TPSA) is 95.1 Å². The zero-order valence-corrected chi connectivity index (χ0v) is 16.5. The number of nitrogens with zero attached hydrogens (tertiary/aromatic N) is 3. The lowest BCUT2D eigenvalue weighted by Crippen LogP contribution is -2.30. The van der Waals surface area contributed by atoms with Crippen LogP contribution in [0.3, 0.4) is 0 Å². The van der Waals surface area contributed by atoms with E-state index >= 15 is 0 Å². The number of ether oxygens (including phenoxy) is 1. The molecule has 9 heteroatoms. The van der Waals surface area contributed by atoms with Crippen LogP contribution in [0.15, 0.2) is 24.5 Å². The number of hydrogen-bond acceptors (Lipinski definition) is 5. The van der Waals surface area contributed by atoms with Gasteiger partial charge in [0.15, 0.2) is 0 Å². The van der Waals surface area contributed by atoms with Crippen molar-refractivity contribution in [3.63, 3.8) is 0 Å². The molecule has 1 fully saturated rings. The quantitative estimate of drug-likeness (QED) is 0.802. The number of halogens is 2. The van der Waals surface area contributed by atoms with Crippen molar-refractivity contribution < 1.29 is 9.53 Å². The van der Waals surface area contributed by atoms with Crippen molar-refractivity contribution in [2.24, 2.45) is 24.6 Å². The molecular weight excluding hydrogens is 377 g/mol. The minimum Gasteiger partial charge on any atom is -0.436 e. The summed E-state index contributed by atoms with van der Waals surface area (Å²) < 4.78 is 7.49. The highest BCUT2D eigenvalue weighted by atomic mass is 35.5. The van der Waals surface area contributed by atoms with Crippen LogP contribution in [0.25, 0.3) is 0 Å². The van der Waals surface area contributed by atoms with Crippen molar-refractivity contribution in [3.8, 4) is 11.6 Å². The molecule has 2 atom stereocenters. The number of nitrogens with one attached hydrogen (secondary N) is 1. The summed E-state index contributed by atoms with van der Waals surface area (Å²) in [6.45, 7) is 2.39. The number of amides is 1. The Hall–Kier alpha value is -1.83. The van der Waals surface area contributed by atoms with E-state index in [0.29, 0.717) is 29.6 Å². The van der Waals surface area contributed by atoms with Crippen molar-refractivity contribution in [2.75, 3.05) is 11.9 Å². The molecule has 1 aliphatic rings. The number of nitrogens with two attached hydrogens (primary N) is 1. The standard InChI is InChI=1S/C17H23N5O2.2ClH/c1-11-15(20-16(23)14-7-3-5-12(14)9-18)17(22(2)21-11)24-13-6-4-8-19-10-13;;/h4,6,8,10,12,14H,3,5,7,9,18H2,1-2H3,(H,20,23);2*1H/t12-,14-;;/m1../s1. The average molecular weight is 402 g/mol. The maximum absolute atomic E-state index is 12.7. The van der Waals surface area contributed by atoms with Crippen molar-refractivity contribution in [2.45, 2.75) is 26.2 Å². The second-order valence-electron chi connectivity index (χ2n) is 6.20. The van der Waals surface area contributed by atoms with E-state index in [1.54, 1.807) is 30.2 Å². The predicted octanol–water partition coefficient (Wildman–Crippen LogP) is 3.07. The van der Waals surface area contributed by atoms with Crippen LogP contribution < -0.4 is 15.8 Å². The van der Waals surface area contributed by atoms with Crippen LogP contribution in [-0.4, -0.2) is 27.2 Å². The Bertz CT molecular complexity index is 723. The highest BCUT2D eigenvalue weighted by Crippen LogP contribution is 2.35. The van der Waals surface area contributed by atoms with Crippen molar-refractivity contribution in [3.05, 3.63) is 30.2 Å². The summed E-state index contributed by atoms with van der Waals surface area (Å²) in [7, 11) is 1.78. The Labute approximate surface area is 165 Å². The molecule has 0 radical (unpaired) electrons. The molecule has 26 heavy (non-hydrogen) atoms. The summed E-state index contributed by atoms with van der Waals surface area (Å²) in [4.78, 5) is 16.7. The van der Waals surface area contributed by atoms with Gasteiger partial charge in [-0.25, -0.2) is 4.68 Å². The summed E-state index contributed by atoms with van der Waals surface area (Å²) in [5, 5.41) is 7.36. The molecule has 1 saturated carbocycles. The second-order valence-corrected chi connectivity index (χ2v) is 6.20. The van der Waals surface area contributed by atoms with Gasteiger partial charge in [-0.2, -0.15) is 5.10 Å². The van der Waals surface area contributed by atoms with Gasteiger partial charge < -0.3 is 15.8 Å². The lowest BCUT2D eigenvalue weighted by atomic mass is 9.95. The molecule has 3 rings (SSSR count). The van der Waals surface area contributed by atoms with Gasteiger partial charge in [-0.3, -0.25) is 9.78 Å². The molecule has 0 unspecified atom stereocenters. The van der Waals surface area contributed by atoms with E-state index in [1.165, 1.54) is 0 Å². The third-order valence-electron chi connectivity index (χ3n) is 4.57. The molecule has 2 heterocycles. The molecule has 0 aliphatic heterocycles. The van der Waals surface area contributed by atoms with Gasteiger partial charge in [0, 0.05) is 19.2 Å². The molecular formula is C17H25Cl2N5O2. The van der Waals surface area contributed by atoms with Gasteiger partial charge in [-0.05, 0) is 44.4 Å². The molecule has 0 saturated heterocycles. The first-order valence-electron chi connectivity index (χ1n) is 8.22. The SMILES string of the molecule is Cc1nn(C)c(Oc2cccnc2)c1NC(=O)[C@@H]1CCC[C@@H]1CN.Cl.Cl. The fourth-order valence-electron chi connectivity index (χ4n) is 3.30. The third kappa shape index (κ3) is 4.66. The molecule has 0 bridgehead atoms. The fraction of sp³-hybridized carbons (Fsp3) is 0.471. The number of aryl methyl sites for hydroxylation is 2. The number of carbonyl (C=O) groups excluding carboxylic acids is 1. The number of aromatic nitrogens is 3. The maximum atomic E-state index is 12.7. The third-order valence-corrected chi connectivity index (χ3v) is 4.57. The maximum Gasteiger partial charge on any atom is 0.241 e. The van der Waals surface area contributed by atoms with E-state index in [2.05, 4.69) is 15.4 Å². The number of carbonyl (C=O) groups is 1. The van der Waals surface area contributed by atoms with Crippen LogP contribution >= 0.6 is 24.8 Å². The van der Waals surface area contributed by atoms with Gasteiger partial charge in [-0.15, -0.1) is 24.8 Å². The fourth-order valence-corrected chi connectivity index (χ4v) is 3.30. The van der Waals surface area contributed by atoms with Gasteiger partial charge in [0.25, 0.3) is 0 Å². The van der Waals surface area contributed by atoms with E-state index in [-0.39, 0.29) is 42.6 Å².